The Balaban J connectivity index is 1.12. The number of benzene rings is 1. The summed E-state index contributed by atoms with van der Waals surface area (Å²) in [5.74, 6) is 2.21. The van der Waals surface area contributed by atoms with Crippen LogP contribution in [0.25, 0.3) is 33.3 Å². The molecular formula is C24H23N9O. The van der Waals surface area contributed by atoms with Gasteiger partial charge >= 0.3 is 6.01 Å². The number of H-pyrrole nitrogens is 2. The van der Waals surface area contributed by atoms with Crippen molar-refractivity contribution in [3.63, 3.8) is 0 Å². The van der Waals surface area contributed by atoms with Gasteiger partial charge in [-0.25, -0.2) is 4.98 Å². The molecular weight excluding hydrogens is 430 g/mol. The quantitative estimate of drug-likeness (QED) is 0.415. The van der Waals surface area contributed by atoms with Crippen LogP contribution >= 0.6 is 0 Å². The molecule has 34 heavy (non-hydrogen) atoms. The molecule has 0 unspecified atom stereocenters. The number of pyridine rings is 1. The van der Waals surface area contributed by atoms with E-state index in [1.54, 1.807) is 0 Å². The van der Waals surface area contributed by atoms with Crippen LogP contribution in [0.1, 0.15) is 24.7 Å². The Kier molecular flexibility index (Phi) is 4.36. The van der Waals surface area contributed by atoms with Crippen molar-refractivity contribution in [1.82, 2.24) is 35.6 Å². The van der Waals surface area contributed by atoms with Gasteiger partial charge in [0, 0.05) is 61.0 Å². The predicted octanol–water partition coefficient (Wildman–Crippen LogP) is 3.60. The van der Waals surface area contributed by atoms with Crippen molar-refractivity contribution in [2.75, 3.05) is 36.0 Å². The van der Waals surface area contributed by atoms with Crippen molar-refractivity contribution in [2.45, 2.75) is 18.8 Å². The van der Waals surface area contributed by atoms with E-state index in [4.69, 9.17) is 4.42 Å². The van der Waals surface area contributed by atoms with E-state index in [1.165, 1.54) is 0 Å². The highest BCUT2D eigenvalue weighted by atomic mass is 16.4. The number of anilines is 2. The lowest BCUT2D eigenvalue weighted by Crippen LogP contribution is -2.47. The standard InChI is InChI=1S/C24H23N9O/c1-2-15(1)23-30-31-24(34-23)33-9-7-32(8-10-33)21-12-17(5-6-25-21)22-19-11-16(18-13-26-27-14-18)3-4-20(19)28-29-22/h3-6,11-15H,1-2,7-10H2,(H,26,27)(H,28,29). The molecule has 4 aromatic heterocycles. The first-order chi connectivity index (χ1) is 16.8. The van der Waals surface area contributed by atoms with Gasteiger partial charge in [-0.05, 0) is 42.7 Å². The van der Waals surface area contributed by atoms with Gasteiger partial charge in [0.25, 0.3) is 0 Å². The average molecular weight is 454 g/mol. The van der Waals surface area contributed by atoms with E-state index in [0.29, 0.717) is 11.9 Å². The third-order valence-electron chi connectivity index (χ3n) is 6.64. The highest BCUT2D eigenvalue weighted by Crippen LogP contribution is 2.40. The zero-order valence-electron chi connectivity index (χ0n) is 18.5. The molecule has 0 atom stereocenters. The molecule has 10 heteroatoms. The molecule has 1 aliphatic heterocycles. The highest BCUT2D eigenvalue weighted by Gasteiger charge is 2.31. The number of aromatic nitrogens is 7. The van der Waals surface area contributed by atoms with E-state index in [0.717, 1.165) is 84.0 Å². The van der Waals surface area contributed by atoms with E-state index in [1.807, 2.05) is 24.7 Å². The van der Waals surface area contributed by atoms with Crippen LogP contribution in [-0.4, -0.2) is 61.8 Å². The fourth-order valence-electron chi connectivity index (χ4n) is 4.54. The zero-order chi connectivity index (χ0) is 22.5. The minimum atomic E-state index is 0.475. The molecule has 10 nitrogen and oxygen atoms in total. The Hall–Kier alpha value is -4.21. The summed E-state index contributed by atoms with van der Waals surface area (Å²) in [6.45, 7) is 3.31. The Morgan fingerprint density at radius 1 is 0.912 bits per heavy atom. The summed E-state index contributed by atoms with van der Waals surface area (Å²) < 4.78 is 5.89. The van der Waals surface area contributed by atoms with Crippen LogP contribution < -0.4 is 9.80 Å². The van der Waals surface area contributed by atoms with E-state index in [-0.39, 0.29) is 0 Å². The van der Waals surface area contributed by atoms with Crippen molar-refractivity contribution < 1.29 is 4.42 Å². The van der Waals surface area contributed by atoms with Gasteiger partial charge in [0.1, 0.15) is 11.5 Å². The fraction of sp³-hybridized carbons (Fsp3) is 0.292. The van der Waals surface area contributed by atoms with Crippen molar-refractivity contribution >= 4 is 22.7 Å². The van der Waals surface area contributed by atoms with Crippen LogP contribution in [-0.2, 0) is 0 Å². The molecule has 5 aromatic rings. The van der Waals surface area contributed by atoms with Gasteiger partial charge in [0.15, 0.2) is 0 Å². The summed E-state index contributed by atoms with van der Waals surface area (Å²) in [4.78, 5) is 9.11. The SMILES string of the molecule is c1cc(-c2n[nH]c3ccc(-c4cn[nH]c4)cc23)cc(N2CCN(c3nnc(C4CC4)o3)CC2)n1. The largest absolute Gasteiger partial charge is 0.408 e. The van der Waals surface area contributed by atoms with Crippen molar-refractivity contribution in [3.8, 4) is 22.4 Å². The molecule has 1 aromatic carbocycles. The van der Waals surface area contributed by atoms with Crippen molar-refractivity contribution in [3.05, 3.63) is 54.8 Å². The maximum atomic E-state index is 5.89. The number of piperazine rings is 1. The second-order valence-corrected chi connectivity index (χ2v) is 8.89. The molecule has 2 aliphatic rings. The second-order valence-electron chi connectivity index (χ2n) is 8.89. The Labute approximate surface area is 195 Å². The Morgan fingerprint density at radius 3 is 2.62 bits per heavy atom. The average Bonchev–Trinajstić information content (AvgIpc) is 3.29. The molecule has 0 bridgehead atoms. The lowest BCUT2D eigenvalue weighted by Gasteiger charge is -2.34. The minimum absolute atomic E-state index is 0.475. The number of nitrogens with zero attached hydrogens (tertiary/aromatic N) is 7. The smallest absolute Gasteiger partial charge is 0.318 e. The van der Waals surface area contributed by atoms with Crippen molar-refractivity contribution in [2.24, 2.45) is 0 Å². The number of hydrogen-bond acceptors (Lipinski definition) is 8. The Bertz CT molecular complexity index is 1440. The summed E-state index contributed by atoms with van der Waals surface area (Å²) in [6.07, 6.45) is 7.90. The first kappa shape index (κ1) is 19.3. The number of aromatic amines is 2. The molecule has 7 rings (SSSR count). The fourth-order valence-corrected chi connectivity index (χ4v) is 4.54. The monoisotopic (exact) mass is 453 g/mol. The molecule has 0 spiro atoms. The number of nitrogens with one attached hydrogen (secondary N) is 2. The molecule has 2 N–H and O–H groups in total. The first-order valence-electron chi connectivity index (χ1n) is 11.6. The van der Waals surface area contributed by atoms with E-state index >= 15 is 0 Å². The molecule has 1 saturated carbocycles. The van der Waals surface area contributed by atoms with Crippen LogP contribution in [0.2, 0.25) is 0 Å². The molecule has 0 amide bonds. The minimum Gasteiger partial charge on any atom is -0.408 e. The van der Waals surface area contributed by atoms with Gasteiger partial charge in [0.2, 0.25) is 5.89 Å². The maximum Gasteiger partial charge on any atom is 0.318 e. The molecule has 5 heterocycles. The van der Waals surface area contributed by atoms with E-state index in [2.05, 4.69) is 69.6 Å². The van der Waals surface area contributed by atoms with Gasteiger partial charge in [0.05, 0.1) is 11.7 Å². The summed E-state index contributed by atoms with van der Waals surface area (Å²) in [6, 6.07) is 11.1. The van der Waals surface area contributed by atoms with Crippen LogP contribution in [0.5, 0.6) is 0 Å². The molecule has 0 radical (unpaired) electrons. The topological polar surface area (TPSA) is 116 Å². The number of fused-ring (bicyclic) bond motifs is 1. The van der Waals surface area contributed by atoms with E-state index < -0.39 is 0 Å². The summed E-state index contributed by atoms with van der Waals surface area (Å²) in [7, 11) is 0. The Morgan fingerprint density at radius 2 is 1.79 bits per heavy atom. The van der Waals surface area contributed by atoms with Gasteiger partial charge in [-0.3, -0.25) is 10.2 Å². The summed E-state index contributed by atoms with van der Waals surface area (Å²) in [5, 5.41) is 24.3. The lowest BCUT2D eigenvalue weighted by molar-refractivity contribution is 0.475. The normalized spacial score (nSPS) is 16.5. The maximum absolute atomic E-state index is 5.89. The zero-order valence-corrected chi connectivity index (χ0v) is 18.5. The molecule has 1 saturated heterocycles. The second kappa shape index (κ2) is 7.68. The third-order valence-corrected chi connectivity index (χ3v) is 6.64. The molecule has 170 valence electrons. The van der Waals surface area contributed by atoms with Crippen molar-refractivity contribution in [1.29, 1.82) is 0 Å². The summed E-state index contributed by atoms with van der Waals surface area (Å²) >= 11 is 0. The van der Waals surface area contributed by atoms with Gasteiger partial charge < -0.3 is 14.2 Å². The lowest BCUT2D eigenvalue weighted by atomic mass is 10.0. The van der Waals surface area contributed by atoms with Crippen LogP contribution in [0.3, 0.4) is 0 Å². The summed E-state index contributed by atoms with van der Waals surface area (Å²) in [5.41, 5.74) is 5.10. The van der Waals surface area contributed by atoms with Gasteiger partial charge in [-0.15, -0.1) is 5.10 Å². The van der Waals surface area contributed by atoms with E-state index in [9.17, 15) is 0 Å². The predicted molar refractivity (Wildman–Crippen MR) is 128 cm³/mol. The van der Waals surface area contributed by atoms with Crippen LogP contribution in [0.4, 0.5) is 11.8 Å². The van der Waals surface area contributed by atoms with Crippen LogP contribution in [0.15, 0.2) is 53.3 Å². The highest BCUT2D eigenvalue weighted by molar-refractivity contribution is 5.95. The number of hydrogen-bond donors (Lipinski definition) is 2. The first-order valence-corrected chi connectivity index (χ1v) is 11.6. The van der Waals surface area contributed by atoms with Crippen LogP contribution in [0, 0.1) is 0 Å². The molecule has 1 aliphatic carbocycles. The third kappa shape index (κ3) is 3.38. The van der Waals surface area contributed by atoms with Gasteiger partial charge in [-0.1, -0.05) is 11.2 Å². The van der Waals surface area contributed by atoms with Gasteiger partial charge in [-0.2, -0.15) is 10.2 Å². The number of rotatable bonds is 5. The molecule has 2 fully saturated rings.